The summed E-state index contributed by atoms with van der Waals surface area (Å²) in [4.78, 5) is 28.8. The first-order valence-corrected chi connectivity index (χ1v) is 10.1. The van der Waals surface area contributed by atoms with Gasteiger partial charge in [0.25, 0.3) is 0 Å². The molecule has 0 radical (unpaired) electrons. The molecule has 3 heterocycles. The normalized spacial score (nSPS) is 28.4. The van der Waals surface area contributed by atoms with Crippen LogP contribution in [-0.4, -0.2) is 64.7 Å². The van der Waals surface area contributed by atoms with E-state index >= 15 is 0 Å². The maximum Gasteiger partial charge on any atom is 0.319 e. The Hall–Kier alpha value is -2.09. The molecule has 2 aliphatic heterocycles. The van der Waals surface area contributed by atoms with E-state index in [9.17, 15) is 9.59 Å². The third-order valence-electron chi connectivity index (χ3n) is 6.28. The summed E-state index contributed by atoms with van der Waals surface area (Å²) >= 11 is 0. The number of nitrogens with zero attached hydrogens (tertiary/aromatic N) is 3. The van der Waals surface area contributed by atoms with Crippen LogP contribution in [0.5, 0.6) is 0 Å². The number of fused-ring (bicyclic) bond motifs is 1. The first-order chi connectivity index (χ1) is 13.0. The van der Waals surface area contributed by atoms with E-state index in [1.807, 2.05) is 13.8 Å². The van der Waals surface area contributed by atoms with Crippen molar-refractivity contribution in [2.75, 3.05) is 25.0 Å². The lowest BCUT2D eigenvalue weighted by molar-refractivity contribution is -0.131. The molecule has 0 spiro atoms. The van der Waals surface area contributed by atoms with Gasteiger partial charge in [0.05, 0.1) is 0 Å². The Bertz CT molecular complexity index is 718. The molecule has 0 aromatic carbocycles. The molecule has 1 aromatic heterocycles. The van der Waals surface area contributed by atoms with E-state index in [1.165, 1.54) is 0 Å². The molecule has 3 aliphatic rings. The van der Waals surface area contributed by atoms with Gasteiger partial charge in [-0.1, -0.05) is 12.1 Å². The van der Waals surface area contributed by atoms with Crippen LogP contribution in [0.15, 0.2) is 4.52 Å². The topological polar surface area (TPSA) is 90.7 Å². The Morgan fingerprint density at radius 3 is 2.93 bits per heavy atom. The summed E-state index contributed by atoms with van der Waals surface area (Å²) in [6, 6.07) is 0.888. The van der Waals surface area contributed by atoms with E-state index in [0.717, 1.165) is 45.3 Å². The lowest BCUT2D eigenvalue weighted by atomic mass is 10.1. The second-order valence-electron chi connectivity index (χ2n) is 7.96. The fourth-order valence-corrected chi connectivity index (χ4v) is 4.79. The number of carbonyl (C=O) groups excluding carboxylic acids is 2. The molecule has 3 fully saturated rings. The average molecular weight is 375 g/mol. The van der Waals surface area contributed by atoms with Crippen molar-refractivity contribution in [3.63, 3.8) is 0 Å². The van der Waals surface area contributed by atoms with Crippen LogP contribution in [0.4, 0.5) is 10.5 Å². The van der Waals surface area contributed by atoms with Gasteiger partial charge in [0.15, 0.2) is 5.76 Å². The van der Waals surface area contributed by atoms with Gasteiger partial charge in [0.1, 0.15) is 11.4 Å². The zero-order chi connectivity index (χ0) is 19.0. The van der Waals surface area contributed by atoms with Crippen LogP contribution < -0.4 is 10.6 Å². The Labute approximate surface area is 159 Å². The maximum atomic E-state index is 12.4. The largest absolute Gasteiger partial charge is 0.359 e. The van der Waals surface area contributed by atoms with Gasteiger partial charge in [0.2, 0.25) is 5.91 Å². The number of hydrogen-bond donors (Lipinski definition) is 2. The van der Waals surface area contributed by atoms with E-state index in [-0.39, 0.29) is 12.1 Å². The minimum Gasteiger partial charge on any atom is -0.359 e. The minimum atomic E-state index is -0.187. The van der Waals surface area contributed by atoms with Crippen molar-refractivity contribution in [3.8, 4) is 0 Å². The van der Waals surface area contributed by atoms with Gasteiger partial charge in [-0.15, -0.1) is 0 Å². The quantitative estimate of drug-likeness (QED) is 0.839. The van der Waals surface area contributed by atoms with Gasteiger partial charge in [-0.2, -0.15) is 0 Å². The molecule has 2 saturated heterocycles. The number of carbonyl (C=O) groups is 2. The van der Waals surface area contributed by atoms with E-state index < -0.39 is 0 Å². The Balaban J connectivity index is 1.28. The van der Waals surface area contributed by atoms with Crippen LogP contribution in [0, 0.1) is 6.92 Å². The lowest BCUT2D eigenvalue weighted by Crippen LogP contribution is -2.54. The summed E-state index contributed by atoms with van der Waals surface area (Å²) in [5.74, 6) is 1.02. The van der Waals surface area contributed by atoms with Gasteiger partial charge < -0.3 is 20.1 Å². The molecule has 1 saturated carbocycles. The predicted octanol–water partition coefficient (Wildman–Crippen LogP) is 1.89. The molecule has 3 unspecified atom stereocenters. The maximum absolute atomic E-state index is 12.4. The highest BCUT2D eigenvalue weighted by Gasteiger charge is 2.39. The number of hydrogen-bond acceptors (Lipinski definition) is 5. The summed E-state index contributed by atoms with van der Waals surface area (Å²) in [5.41, 5.74) is 1.39. The van der Waals surface area contributed by atoms with Crippen LogP contribution in [-0.2, 0) is 11.2 Å². The third-order valence-corrected chi connectivity index (χ3v) is 6.28. The third kappa shape index (κ3) is 3.67. The molecule has 27 heavy (non-hydrogen) atoms. The molecule has 2 N–H and O–H groups in total. The predicted molar refractivity (Wildman–Crippen MR) is 101 cm³/mol. The molecular formula is C19H29N5O3. The van der Waals surface area contributed by atoms with E-state index in [0.29, 0.717) is 48.0 Å². The summed E-state index contributed by atoms with van der Waals surface area (Å²) in [7, 11) is 0. The number of aryl methyl sites for hydroxylation is 2. The number of nitrogens with one attached hydrogen (secondary N) is 2. The van der Waals surface area contributed by atoms with Crippen molar-refractivity contribution >= 4 is 17.6 Å². The van der Waals surface area contributed by atoms with Crippen LogP contribution in [0.3, 0.4) is 0 Å². The van der Waals surface area contributed by atoms with E-state index in [2.05, 4.69) is 25.6 Å². The van der Waals surface area contributed by atoms with E-state index in [1.54, 1.807) is 0 Å². The fraction of sp³-hybridized carbons (Fsp3) is 0.737. The van der Waals surface area contributed by atoms with Crippen molar-refractivity contribution in [2.45, 2.75) is 70.5 Å². The van der Waals surface area contributed by atoms with Crippen molar-refractivity contribution < 1.29 is 14.1 Å². The Morgan fingerprint density at radius 1 is 1.26 bits per heavy atom. The molecule has 8 nitrogen and oxygen atoms in total. The lowest BCUT2D eigenvalue weighted by Gasteiger charge is -2.40. The number of anilines is 1. The molecule has 1 aromatic rings. The van der Waals surface area contributed by atoms with Gasteiger partial charge in [-0.3, -0.25) is 9.69 Å². The summed E-state index contributed by atoms with van der Waals surface area (Å²) in [5, 5.41) is 9.93. The second-order valence-corrected chi connectivity index (χ2v) is 7.96. The van der Waals surface area contributed by atoms with Gasteiger partial charge in [0, 0.05) is 50.6 Å². The first kappa shape index (κ1) is 18.3. The second kappa shape index (κ2) is 7.50. The number of piperazine rings is 1. The number of urea groups is 1. The Kier molecular flexibility index (Phi) is 5.08. The number of amides is 3. The summed E-state index contributed by atoms with van der Waals surface area (Å²) in [6.07, 6.45) is 5.44. The van der Waals surface area contributed by atoms with E-state index in [4.69, 9.17) is 4.52 Å². The Morgan fingerprint density at radius 2 is 2.11 bits per heavy atom. The fourth-order valence-electron chi connectivity index (χ4n) is 4.79. The molecular weight excluding hydrogens is 346 g/mol. The first-order valence-electron chi connectivity index (χ1n) is 10.1. The van der Waals surface area contributed by atoms with Crippen LogP contribution >= 0.6 is 0 Å². The monoisotopic (exact) mass is 375 g/mol. The molecule has 8 heteroatoms. The number of aromatic nitrogens is 1. The van der Waals surface area contributed by atoms with Crippen LogP contribution in [0.1, 0.15) is 50.5 Å². The van der Waals surface area contributed by atoms with Crippen molar-refractivity contribution in [1.82, 2.24) is 20.3 Å². The number of rotatable bonds is 4. The standard InChI is InChI=1S/C19H29N5O3/c1-3-16-18(12(2)22-27-16)21-19(26)20-13-4-5-14(10-13)23-8-9-24-15(11-23)6-7-17(24)25/h13-15H,3-11H2,1-2H3,(H2,20,21,26). The van der Waals surface area contributed by atoms with Crippen LogP contribution in [0.2, 0.25) is 0 Å². The highest BCUT2D eigenvalue weighted by atomic mass is 16.5. The van der Waals surface area contributed by atoms with Gasteiger partial charge in [-0.25, -0.2) is 4.79 Å². The zero-order valence-electron chi connectivity index (χ0n) is 16.2. The summed E-state index contributed by atoms with van der Waals surface area (Å²) < 4.78 is 5.23. The van der Waals surface area contributed by atoms with Crippen molar-refractivity contribution in [3.05, 3.63) is 11.5 Å². The molecule has 3 atom stereocenters. The van der Waals surface area contributed by atoms with Gasteiger partial charge >= 0.3 is 6.03 Å². The van der Waals surface area contributed by atoms with Gasteiger partial charge in [-0.05, 0) is 32.6 Å². The highest BCUT2D eigenvalue weighted by molar-refractivity contribution is 5.90. The molecule has 1 aliphatic carbocycles. The highest BCUT2D eigenvalue weighted by Crippen LogP contribution is 2.30. The smallest absolute Gasteiger partial charge is 0.319 e. The molecule has 4 rings (SSSR count). The van der Waals surface area contributed by atoms with Crippen molar-refractivity contribution in [2.24, 2.45) is 0 Å². The molecule has 0 bridgehead atoms. The minimum absolute atomic E-state index is 0.184. The molecule has 148 valence electrons. The van der Waals surface area contributed by atoms with Crippen LogP contribution in [0.25, 0.3) is 0 Å². The van der Waals surface area contributed by atoms with Crippen molar-refractivity contribution in [1.29, 1.82) is 0 Å². The zero-order valence-corrected chi connectivity index (χ0v) is 16.2. The molecule has 3 amide bonds. The SMILES string of the molecule is CCc1onc(C)c1NC(=O)NC1CCC(N2CCN3C(=O)CCC3C2)C1. The summed E-state index contributed by atoms with van der Waals surface area (Å²) in [6.45, 7) is 6.59. The average Bonchev–Trinajstić information content (AvgIpc) is 3.36.